The lowest BCUT2D eigenvalue weighted by atomic mass is 10.1. The van der Waals surface area contributed by atoms with Crippen molar-refractivity contribution in [2.45, 2.75) is 58.9 Å². The standard InChI is InChI=1S/C14H25NS/c1-4-7-8-9-13(15-6-3)14-11-10-12(5-2)16-14/h10-11,13,15H,4-9H2,1-3H3. The third-order valence-electron chi connectivity index (χ3n) is 2.92. The van der Waals surface area contributed by atoms with Gasteiger partial charge >= 0.3 is 0 Å². The van der Waals surface area contributed by atoms with Gasteiger partial charge in [0.15, 0.2) is 0 Å². The van der Waals surface area contributed by atoms with Crippen molar-refractivity contribution in [2.75, 3.05) is 6.54 Å². The molecule has 0 saturated heterocycles. The van der Waals surface area contributed by atoms with E-state index in [0.29, 0.717) is 6.04 Å². The van der Waals surface area contributed by atoms with Crippen molar-refractivity contribution in [1.29, 1.82) is 0 Å². The van der Waals surface area contributed by atoms with E-state index in [1.54, 1.807) is 0 Å². The summed E-state index contributed by atoms with van der Waals surface area (Å²) in [5.74, 6) is 0. The average molecular weight is 239 g/mol. The first-order chi connectivity index (χ1) is 7.81. The smallest absolute Gasteiger partial charge is 0.0414 e. The van der Waals surface area contributed by atoms with Gasteiger partial charge in [-0.3, -0.25) is 0 Å². The summed E-state index contributed by atoms with van der Waals surface area (Å²) >= 11 is 1.98. The minimum absolute atomic E-state index is 0.585. The largest absolute Gasteiger partial charge is 0.310 e. The maximum Gasteiger partial charge on any atom is 0.0414 e. The Morgan fingerprint density at radius 3 is 2.56 bits per heavy atom. The predicted molar refractivity (Wildman–Crippen MR) is 74.3 cm³/mol. The Balaban J connectivity index is 2.54. The Morgan fingerprint density at radius 2 is 2.00 bits per heavy atom. The van der Waals surface area contributed by atoms with E-state index >= 15 is 0 Å². The topological polar surface area (TPSA) is 12.0 Å². The molecule has 1 rings (SSSR count). The predicted octanol–water partition coefficient (Wildman–Crippen LogP) is 4.54. The lowest BCUT2D eigenvalue weighted by molar-refractivity contribution is 0.493. The number of hydrogen-bond acceptors (Lipinski definition) is 2. The normalized spacial score (nSPS) is 12.9. The Morgan fingerprint density at radius 1 is 1.19 bits per heavy atom. The summed E-state index contributed by atoms with van der Waals surface area (Å²) in [5, 5.41) is 3.61. The Labute approximate surface area is 104 Å². The first-order valence-corrected chi connectivity index (χ1v) is 7.45. The van der Waals surface area contributed by atoms with E-state index in [1.807, 2.05) is 11.3 Å². The molecule has 0 aliphatic carbocycles. The molecule has 0 aromatic carbocycles. The van der Waals surface area contributed by atoms with Crippen LogP contribution in [0.1, 0.15) is 62.3 Å². The summed E-state index contributed by atoms with van der Waals surface area (Å²) in [7, 11) is 0. The maximum atomic E-state index is 3.61. The van der Waals surface area contributed by atoms with Crippen LogP contribution in [0.25, 0.3) is 0 Å². The summed E-state index contributed by atoms with van der Waals surface area (Å²) in [4.78, 5) is 3.03. The molecule has 0 fully saturated rings. The van der Waals surface area contributed by atoms with Crippen molar-refractivity contribution in [3.8, 4) is 0 Å². The molecule has 0 bridgehead atoms. The molecule has 92 valence electrons. The fourth-order valence-corrected chi connectivity index (χ4v) is 3.02. The molecule has 1 aromatic heterocycles. The average Bonchev–Trinajstić information content (AvgIpc) is 2.76. The highest BCUT2D eigenvalue weighted by molar-refractivity contribution is 7.12. The molecule has 1 N–H and O–H groups in total. The van der Waals surface area contributed by atoms with Crippen LogP contribution >= 0.6 is 11.3 Å². The number of thiophene rings is 1. The fraction of sp³-hybridized carbons (Fsp3) is 0.714. The molecule has 1 heterocycles. The van der Waals surface area contributed by atoms with Gasteiger partial charge in [0.05, 0.1) is 0 Å². The molecule has 16 heavy (non-hydrogen) atoms. The molecule has 1 nitrogen and oxygen atoms in total. The number of nitrogens with one attached hydrogen (secondary N) is 1. The molecule has 0 spiro atoms. The van der Waals surface area contributed by atoms with Crippen LogP contribution < -0.4 is 5.32 Å². The fourth-order valence-electron chi connectivity index (χ4n) is 1.96. The van der Waals surface area contributed by atoms with Gasteiger partial charge < -0.3 is 5.32 Å². The highest BCUT2D eigenvalue weighted by atomic mass is 32.1. The van der Waals surface area contributed by atoms with E-state index in [4.69, 9.17) is 0 Å². The van der Waals surface area contributed by atoms with Crippen molar-refractivity contribution in [1.82, 2.24) is 5.32 Å². The molecule has 0 saturated carbocycles. The van der Waals surface area contributed by atoms with Gasteiger partial charge in [0, 0.05) is 15.8 Å². The second kappa shape index (κ2) is 7.86. The number of rotatable bonds is 8. The third-order valence-corrected chi connectivity index (χ3v) is 4.26. The lowest BCUT2D eigenvalue weighted by Crippen LogP contribution is -2.19. The van der Waals surface area contributed by atoms with Crippen LogP contribution in [-0.2, 0) is 6.42 Å². The van der Waals surface area contributed by atoms with E-state index in [1.165, 1.54) is 41.9 Å². The van der Waals surface area contributed by atoms with Crippen LogP contribution in [0.5, 0.6) is 0 Å². The van der Waals surface area contributed by atoms with E-state index in [9.17, 15) is 0 Å². The molecule has 0 aliphatic heterocycles. The number of aryl methyl sites for hydroxylation is 1. The Bertz CT molecular complexity index is 280. The highest BCUT2D eigenvalue weighted by Crippen LogP contribution is 2.27. The molecule has 1 atom stereocenters. The molecule has 1 unspecified atom stereocenters. The first-order valence-electron chi connectivity index (χ1n) is 6.63. The van der Waals surface area contributed by atoms with Crippen molar-refractivity contribution in [2.24, 2.45) is 0 Å². The SMILES string of the molecule is CCCCCC(NCC)c1ccc(CC)s1. The molecule has 0 radical (unpaired) electrons. The molecular weight excluding hydrogens is 214 g/mol. The van der Waals surface area contributed by atoms with Gasteiger partial charge in [-0.05, 0) is 31.5 Å². The van der Waals surface area contributed by atoms with Gasteiger partial charge in [-0.15, -0.1) is 11.3 Å². The van der Waals surface area contributed by atoms with Gasteiger partial charge in [-0.1, -0.05) is 40.0 Å². The third kappa shape index (κ3) is 4.26. The zero-order valence-electron chi connectivity index (χ0n) is 10.9. The summed E-state index contributed by atoms with van der Waals surface area (Å²) in [6.45, 7) is 7.76. The van der Waals surface area contributed by atoms with Crippen LogP contribution in [0.2, 0.25) is 0 Å². The van der Waals surface area contributed by atoms with Crippen molar-refractivity contribution in [3.05, 3.63) is 21.9 Å². The Kier molecular flexibility index (Phi) is 6.74. The van der Waals surface area contributed by atoms with Crippen LogP contribution in [-0.4, -0.2) is 6.54 Å². The van der Waals surface area contributed by atoms with Crippen molar-refractivity contribution >= 4 is 11.3 Å². The number of hydrogen-bond donors (Lipinski definition) is 1. The summed E-state index contributed by atoms with van der Waals surface area (Å²) in [5.41, 5.74) is 0. The number of unbranched alkanes of at least 4 members (excludes halogenated alkanes) is 2. The molecule has 2 heteroatoms. The molecule has 1 aromatic rings. The zero-order valence-corrected chi connectivity index (χ0v) is 11.7. The minimum Gasteiger partial charge on any atom is -0.310 e. The quantitative estimate of drug-likeness (QED) is 0.657. The van der Waals surface area contributed by atoms with Crippen LogP contribution in [0.4, 0.5) is 0 Å². The maximum absolute atomic E-state index is 3.61. The molecule has 0 amide bonds. The molecule has 0 aliphatic rings. The van der Waals surface area contributed by atoms with Crippen molar-refractivity contribution in [3.63, 3.8) is 0 Å². The van der Waals surface area contributed by atoms with Gasteiger partial charge in [-0.2, -0.15) is 0 Å². The summed E-state index contributed by atoms with van der Waals surface area (Å²) < 4.78 is 0. The van der Waals surface area contributed by atoms with E-state index in [2.05, 4.69) is 38.2 Å². The zero-order chi connectivity index (χ0) is 11.8. The van der Waals surface area contributed by atoms with E-state index in [-0.39, 0.29) is 0 Å². The second-order valence-electron chi connectivity index (χ2n) is 4.26. The van der Waals surface area contributed by atoms with Gasteiger partial charge in [0.25, 0.3) is 0 Å². The summed E-state index contributed by atoms with van der Waals surface area (Å²) in [6, 6.07) is 5.18. The van der Waals surface area contributed by atoms with Gasteiger partial charge in [-0.25, -0.2) is 0 Å². The Hall–Kier alpha value is -0.340. The van der Waals surface area contributed by atoms with Crippen molar-refractivity contribution < 1.29 is 0 Å². The highest BCUT2D eigenvalue weighted by Gasteiger charge is 2.11. The summed E-state index contributed by atoms with van der Waals surface area (Å²) in [6.07, 6.45) is 6.45. The lowest BCUT2D eigenvalue weighted by Gasteiger charge is -2.16. The van der Waals surface area contributed by atoms with Crippen LogP contribution in [0.15, 0.2) is 12.1 Å². The van der Waals surface area contributed by atoms with Crippen LogP contribution in [0, 0.1) is 0 Å². The van der Waals surface area contributed by atoms with Gasteiger partial charge in [0.1, 0.15) is 0 Å². The van der Waals surface area contributed by atoms with E-state index < -0.39 is 0 Å². The second-order valence-corrected chi connectivity index (χ2v) is 5.46. The van der Waals surface area contributed by atoms with Gasteiger partial charge in [0.2, 0.25) is 0 Å². The molecular formula is C14H25NS. The minimum atomic E-state index is 0.585. The van der Waals surface area contributed by atoms with Crippen LogP contribution in [0.3, 0.4) is 0 Å². The van der Waals surface area contributed by atoms with E-state index in [0.717, 1.165) is 6.54 Å². The monoisotopic (exact) mass is 239 g/mol. The first kappa shape index (κ1) is 13.7.